The highest BCUT2D eigenvalue weighted by Crippen LogP contribution is 2.18. The fraction of sp³-hybridized carbons (Fsp3) is 0.182. The Balaban J connectivity index is 2.23. The van der Waals surface area contributed by atoms with E-state index in [2.05, 4.69) is 37.6 Å². The van der Waals surface area contributed by atoms with Crippen LogP contribution in [0.3, 0.4) is 0 Å². The third kappa shape index (κ3) is 2.78. The average Bonchev–Trinajstić information content (AvgIpc) is 2.80. The molecule has 2 rings (SSSR count). The zero-order valence-electron chi connectivity index (χ0n) is 9.01. The van der Waals surface area contributed by atoms with Gasteiger partial charge in [0.15, 0.2) is 0 Å². The van der Waals surface area contributed by atoms with Crippen molar-refractivity contribution in [2.45, 2.75) is 12.5 Å². The van der Waals surface area contributed by atoms with Gasteiger partial charge < -0.3 is 10.3 Å². The maximum atomic E-state index is 5.83. The summed E-state index contributed by atoms with van der Waals surface area (Å²) in [6.07, 6.45) is 3.98. The summed E-state index contributed by atoms with van der Waals surface area (Å²) in [6, 6.07) is 3.35. The Morgan fingerprint density at radius 3 is 3.00 bits per heavy atom. The van der Waals surface area contributed by atoms with Crippen LogP contribution in [0.5, 0.6) is 0 Å². The van der Waals surface area contributed by atoms with E-state index < -0.39 is 0 Å². The number of rotatable bonds is 4. The van der Waals surface area contributed by atoms with Gasteiger partial charge in [0.1, 0.15) is 5.69 Å². The molecule has 0 bridgehead atoms. The molecular formula is C11H11BrN4O. The standard InChI is InChI=1S/C11H11BrN4O/c1-2-3-8(13)11-15-10(16-17-11)9-5-4-7(12)6-14-9/h2,4-6,8H,1,3,13H2. The Morgan fingerprint density at radius 1 is 1.53 bits per heavy atom. The quantitative estimate of drug-likeness (QED) is 0.877. The molecule has 2 aromatic rings. The fourth-order valence-electron chi connectivity index (χ4n) is 1.28. The molecule has 0 aliphatic carbocycles. The molecule has 0 fully saturated rings. The smallest absolute Gasteiger partial charge is 0.244 e. The van der Waals surface area contributed by atoms with Crippen LogP contribution in [-0.2, 0) is 0 Å². The Morgan fingerprint density at radius 2 is 2.35 bits per heavy atom. The van der Waals surface area contributed by atoms with Crippen molar-refractivity contribution in [3.8, 4) is 11.5 Å². The van der Waals surface area contributed by atoms with Gasteiger partial charge in [-0.25, -0.2) is 0 Å². The molecule has 0 amide bonds. The van der Waals surface area contributed by atoms with E-state index in [4.69, 9.17) is 10.3 Å². The molecule has 5 nitrogen and oxygen atoms in total. The van der Waals surface area contributed by atoms with E-state index in [-0.39, 0.29) is 6.04 Å². The van der Waals surface area contributed by atoms with Crippen LogP contribution in [0.4, 0.5) is 0 Å². The highest BCUT2D eigenvalue weighted by Gasteiger charge is 2.14. The number of pyridine rings is 1. The first kappa shape index (κ1) is 11.9. The molecule has 2 N–H and O–H groups in total. The summed E-state index contributed by atoms with van der Waals surface area (Å²) in [6.45, 7) is 3.61. The molecule has 0 aliphatic rings. The number of hydrogen-bond acceptors (Lipinski definition) is 5. The van der Waals surface area contributed by atoms with Gasteiger partial charge in [0.05, 0.1) is 6.04 Å². The van der Waals surface area contributed by atoms with Gasteiger partial charge in [-0.05, 0) is 34.5 Å². The van der Waals surface area contributed by atoms with Crippen molar-refractivity contribution >= 4 is 15.9 Å². The van der Waals surface area contributed by atoms with Crippen molar-refractivity contribution < 1.29 is 4.52 Å². The van der Waals surface area contributed by atoms with Crippen LogP contribution in [0.15, 0.2) is 40.0 Å². The van der Waals surface area contributed by atoms with E-state index in [0.29, 0.717) is 23.8 Å². The third-order valence-corrected chi connectivity index (χ3v) is 2.61. The number of nitrogens with two attached hydrogens (primary N) is 1. The lowest BCUT2D eigenvalue weighted by Gasteiger charge is -2.00. The summed E-state index contributed by atoms with van der Waals surface area (Å²) in [4.78, 5) is 8.37. The fourth-order valence-corrected chi connectivity index (χ4v) is 1.51. The molecule has 2 aromatic heterocycles. The van der Waals surface area contributed by atoms with Gasteiger partial charge in [0.2, 0.25) is 11.7 Å². The number of aromatic nitrogens is 3. The minimum Gasteiger partial charge on any atom is -0.337 e. The summed E-state index contributed by atoms with van der Waals surface area (Å²) in [5.41, 5.74) is 6.47. The van der Waals surface area contributed by atoms with Gasteiger partial charge in [-0.1, -0.05) is 11.2 Å². The van der Waals surface area contributed by atoms with Gasteiger partial charge in [-0.3, -0.25) is 4.98 Å². The molecule has 0 aromatic carbocycles. The second-order valence-electron chi connectivity index (χ2n) is 3.45. The molecule has 6 heteroatoms. The SMILES string of the molecule is C=CCC(N)c1nc(-c2ccc(Br)cn2)no1. The van der Waals surface area contributed by atoms with Gasteiger partial charge >= 0.3 is 0 Å². The minimum absolute atomic E-state index is 0.316. The molecule has 0 aliphatic heterocycles. The lowest BCUT2D eigenvalue weighted by molar-refractivity contribution is 0.355. The van der Waals surface area contributed by atoms with E-state index in [1.54, 1.807) is 18.3 Å². The average molecular weight is 295 g/mol. The zero-order valence-corrected chi connectivity index (χ0v) is 10.6. The van der Waals surface area contributed by atoms with Crippen molar-refractivity contribution in [2.24, 2.45) is 5.73 Å². The van der Waals surface area contributed by atoms with Crippen LogP contribution in [0.25, 0.3) is 11.5 Å². The predicted octanol–water partition coefficient (Wildman–Crippen LogP) is 2.47. The molecule has 0 radical (unpaired) electrons. The first-order valence-corrected chi connectivity index (χ1v) is 5.82. The molecule has 1 unspecified atom stereocenters. The summed E-state index contributed by atoms with van der Waals surface area (Å²) in [7, 11) is 0. The maximum absolute atomic E-state index is 5.83. The molecule has 1 atom stereocenters. The maximum Gasteiger partial charge on any atom is 0.244 e. The molecule has 0 spiro atoms. The van der Waals surface area contributed by atoms with Crippen LogP contribution in [0.2, 0.25) is 0 Å². The van der Waals surface area contributed by atoms with E-state index in [1.807, 2.05) is 6.07 Å². The van der Waals surface area contributed by atoms with Gasteiger partial charge in [0.25, 0.3) is 0 Å². The first-order valence-electron chi connectivity index (χ1n) is 5.02. The number of hydrogen-bond donors (Lipinski definition) is 1. The predicted molar refractivity (Wildman–Crippen MR) is 67.0 cm³/mol. The largest absolute Gasteiger partial charge is 0.337 e. The van der Waals surface area contributed by atoms with E-state index in [0.717, 1.165) is 4.47 Å². The van der Waals surface area contributed by atoms with Crippen molar-refractivity contribution in [2.75, 3.05) is 0 Å². The van der Waals surface area contributed by atoms with E-state index >= 15 is 0 Å². The van der Waals surface area contributed by atoms with Crippen molar-refractivity contribution in [3.63, 3.8) is 0 Å². The van der Waals surface area contributed by atoms with Crippen LogP contribution in [0.1, 0.15) is 18.4 Å². The Hall–Kier alpha value is -1.53. The highest BCUT2D eigenvalue weighted by molar-refractivity contribution is 9.10. The summed E-state index contributed by atoms with van der Waals surface area (Å²) in [5, 5.41) is 3.84. The molecular weight excluding hydrogens is 284 g/mol. The Bertz CT molecular complexity index is 508. The highest BCUT2D eigenvalue weighted by atomic mass is 79.9. The van der Waals surface area contributed by atoms with Crippen LogP contribution in [0, 0.1) is 0 Å². The first-order chi connectivity index (χ1) is 8.20. The Labute approximate surface area is 107 Å². The summed E-state index contributed by atoms with van der Waals surface area (Å²) >= 11 is 3.31. The molecule has 0 saturated carbocycles. The minimum atomic E-state index is -0.316. The topological polar surface area (TPSA) is 77.8 Å². The lowest BCUT2D eigenvalue weighted by Crippen LogP contribution is -2.09. The van der Waals surface area contributed by atoms with E-state index in [1.165, 1.54) is 0 Å². The van der Waals surface area contributed by atoms with Gasteiger partial charge in [-0.2, -0.15) is 4.98 Å². The molecule has 0 saturated heterocycles. The van der Waals surface area contributed by atoms with Crippen LogP contribution < -0.4 is 5.73 Å². The van der Waals surface area contributed by atoms with Gasteiger partial charge in [-0.15, -0.1) is 6.58 Å². The summed E-state index contributed by atoms with van der Waals surface area (Å²) < 4.78 is 5.97. The second-order valence-corrected chi connectivity index (χ2v) is 4.36. The molecule has 2 heterocycles. The third-order valence-electron chi connectivity index (χ3n) is 2.14. The van der Waals surface area contributed by atoms with Crippen molar-refractivity contribution in [1.29, 1.82) is 0 Å². The van der Waals surface area contributed by atoms with E-state index in [9.17, 15) is 0 Å². The lowest BCUT2D eigenvalue weighted by atomic mass is 10.2. The summed E-state index contributed by atoms with van der Waals surface area (Å²) in [5.74, 6) is 0.830. The monoisotopic (exact) mass is 294 g/mol. The van der Waals surface area contributed by atoms with Crippen molar-refractivity contribution in [3.05, 3.63) is 41.3 Å². The molecule has 17 heavy (non-hydrogen) atoms. The normalized spacial score (nSPS) is 12.4. The van der Waals surface area contributed by atoms with Crippen LogP contribution >= 0.6 is 15.9 Å². The zero-order chi connectivity index (χ0) is 12.3. The van der Waals surface area contributed by atoms with Crippen molar-refractivity contribution in [1.82, 2.24) is 15.1 Å². The van der Waals surface area contributed by atoms with Crippen LogP contribution in [-0.4, -0.2) is 15.1 Å². The number of nitrogens with zero attached hydrogens (tertiary/aromatic N) is 3. The van der Waals surface area contributed by atoms with Gasteiger partial charge in [0, 0.05) is 10.7 Å². The Kier molecular flexibility index (Phi) is 3.65. The second kappa shape index (κ2) is 5.20. The number of halogens is 1. The molecule has 88 valence electrons.